The minimum Gasteiger partial charge on any atom is -0.339 e. The van der Waals surface area contributed by atoms with Crippen LogP contribution in [0.5, 0.6) is 0 Å². The first-order chi connectivity index (χ1) is 14.8. The van der Waals surface area contributed by atoms with Crippen LogP contribution in [-0.4, -0.2) is 41.4 Å². The van der Waals surface area contributed by atoms with Crippen molar-refractivity contribution in [1.82, 2.24) is 9.80 Å². The van der Waals surface area contributed by atoms with Gasteiger partial charge in [0.1, 0.15) is 0 Å². The molecule has 0 spiro atoms. The van der Waals surface area contributed by atoms with Crippen molar-refractivity contribution >= 4 is 5.91 Å². The van der Waals surface area contributed by atoms with Crippen LogP contribution in [0.15, 0.2) is 78.9 Å². The highest BCUT2D eigenvalue weighted by Crippen LogP contribution is 2.28. The number of amides is 1. The third kappa shape index (κ3) is 3.78. The molecule has 0 N–H and O–H groups in total. The van der Waals surface area contributed by atoms with Crippen LogP contribution in [0.25, 0.3) is 11.1 Å². The van der Waals surface area contributed by atoms with Crippen molar-refractivity contribution in [2.45, 2.75) is 31.8 Å². The Morgan fingerprint density at radius 3 is 2.20 bits per heavy atom. The zero-order valence-electron chi connectivity index (χ0n) is 17.3. The number of benzene rings is 3. The monoisotopic (exact) mass is 396 g/mol. The number of piperidine rings is 1. The maximum atomic E-state index is 13.4. The highest BCUT2D eigenvalue weighted by Gasteiger charge is 2.29. The fourth-order valence-electron chi connectivity index (χ4n) is 4.97. The molecule has 1 amide bonds. The molecule has 0 bridgehead atoms. The van der Waals surface area contributed by atoms with Gasteiger partial charge in [-0.1, -0.05) is 72.8 Å². The van der Waals surface area contributed by atoms with Gasteiger partial charge in [-0.2, -0.15) is 0 Å². The van der Waals surface area contributed by atoms with Gasteiger partial charge in [-0.05, 0) is 47.6 Å². The molecule has 0 atom stereocenters. The molecule has 3 aromatic rings. The van der Waals surface area contributed by atoms with E-state index in [9.17, 15) is 4.79 Å². The van der Waals surface area contributed by atoms with Crippen molar-refractivity contribution in [3.63, 3.8) is 0 Å². The van der Waals surface area contributed by atoms with Gasteiger partial charge in [-0.25, -0.2) is 0 Å². The van der Waals surface area contributed by atoms with Gasteiger partial charge in [0.05, 0.1) is 0 Å². The van der Waals surface area contributed by atoms with E-state index in [-0.39, 0.29) is 5.91 Å². The minimum atomic E-state index is 0.164. The van der Waals surface area contributed by atoms with Crippen molar-refractivity contribution in [2.24, 2.45) is 0 Å². The van der Waals surface area contributed by atoms with Gasteiger partial charge in [0, 0.05) is 37.8 Å². The third-order valence-electron chi connectivity index (χ3n) is 6.67. The summed E-state index contributed by atoms with van der Waals surface area (Å²) in [6.07, 6.45) is 3.25. The van der Waals surface area contributed by atoms with Gasteiger partial charge in [0.2, 0.25) is 0 Å². The van der Waals surface area contributed by atoms with Crippen LogP contribution in [-0.2, 0) is 13.0 Å². The fraction of sp³-hybridized carbons (Fsp3) is 0.296. The number of fused-ring (bicyclic) bond motifs is 1. The predicted octanol–water partition coefficient (Wildman–Crippen LogP) is 5.02. The first-order valence-electron chi connectivity index (χ1n) is 11.0. The Labute approximate surface area is 178 Å². The first-order valence-corrected chi connectivity index (χ1v) is 11.0. The zero-order chi connectivity index (χ0) is 20.3. The van der Waals surface area contributed by atoms with Crippen LogP contribution in [0.1, 0.15) is 34.3 Å². The Hall–Kier alpha value is -2.91. The van der Waals surface area contributed by atoms with Crippen LogP contribution in [0, 0.1) is 0 Å². The lowest BCUT2D eigenvalue weighted by molar-refractivity contribution is 0.0600. The molecule has 0 aromatic heterocycles. The van der Waals surface area contributed by atoms with Crippen molar-refractivity contribution in [3.8, 4) is 11.1 Å². The Balaban J connectivity index is 1.26. The van der Waals surface area contributed by atoms with E-state index < -0.39 is 0 Å². The van der Waals surface area contributed by atoms with Crippen molar-refractivity contribution < 1.29 is 4.79 Å². The average Bonchev–Trinajstić information content (AvgIpc) is 2.84. The van der Waals surface area contributed by atoms with Crippen LogP contribution >= 0.6 is 0 Å². The number of hydrogen-bond acceptors (Lipinski definition) is 2. The number of likely N-dealkylation sites (tertiary alicyclic amines) is 1. The number of rotatable bonds is 3. The maximum Gasteiger partial charge on any atom is 0.254 e. The number of carbonyl (C=O) groups is 1. The Morgan fingerprint density at radius 1 is 0.733 bits per heavy atom. The van der Waals surface area contributed by atoms with Gasteiger partial charge < -0.3 is 4.90 Å². The minimum absolute atomic E-state index is 0.164. The van der Waals surface area contributed by atoms with Crippen molar-refractivity contribution in [1.29, 1.82) is 0 Å². The molecule has 1 fully saturated rings. The summed E-state index contributed by atoms with van der Waals surface area (Å²) in [7, 11) is 0. The second-order valence-corrected chi connectivity index (χ2v) is 8.42. The lowest BCUT2D eigenvalue weighted by Gasteiger charge is -2.40. The van der Waals surface area contributed by atoms with Gasteiger partial charge >= 0.3 is 0 Å². The Bertz CT molecular complexity index is 1020. The molecule has 3 nitrogen and oxygen atoms in total. The van der Waals surface area contributed by atoms with E-state index in [0.29, 0.717) is 6.04 Å². The molecular formula is C27H28N2O. The van der Waals surface area contributed by atoms with E-state index in [1.807, 2.05) is 36.4 Å². The fourth-order valence-corrected chi connectivity index (χ4v) is 4.97. The topological polar surface area (TPSA) is 23.6 Å². The normalized spacial score (nSPS) is 17.5. The largest absolute Gasteiger partial charge is 0.339 e. The molecule has 2 heterocycles. The highest BCUT2D eigenvalue weighted by molar-refractivity contribution is 6.00. The van der Waals surface area contributed by atoms with Crippen LogP contribution < -0.4 is 0 Å². The second kappa shape index (κ2) is 8.45. The van der Waals surface area contributed by atoms with E-state index in [1.54, 1.807) is 0 Å². The highest BCUT2D eigenvalue weighted by atomic mass is 16.2. The molecule has 3 aromatic carbocycles. The predicted molar refractivity (Wildman–Crippen MR) is 121 cm³/mol. The van der Waals surface area contributed by atoms with Crippen LogP contribution in [0.3, 0.4) is 0 Å². The Kier molecular flexibility index (Phi) is 5.37. The summed E-state index contributed by atoms with van der Waals surface area (Å²) in [5.74, 6) is 0.164. The molecule has 5 rings (SSSR count). The molecule has 0 saturated carbocycles. The molecule has 1 saturated heterocycles. The molecule has 30 heavy (non-hydrogen) atoms. The zero-order valence-corrected chi connectivity index (χ0v) is 17.3. The van der Waals surface area contributed by atoms with Gasteiger partial charge in [-0.15, -0.1) is 0 Å². The molecule has 152 valence electrons. The average molecular weight is 397 g/mol. The van der Waals surface area contributed by atoms with Crippen molar-refractivity contribution in [2.75, 3.05) is 19.6 Å². The summed E-state index contributed by atoms with van der Waals surface area (Å²) in [4.78, 5) is 18.0. The lowest BCUT2D eigenvalue weighted by Crippen LogP contribution is -2.48. The van der Waals surface area contributed by atoms with Gasteiger partial charge in [0.15, 0.2) is 0 Å². The van der Waals surface area contributed by atoms with E-state index in [0.717, 1.165) is 62.1 Å². The molecule has 3 heteroatoms. The number of hydrogen-bond donors (Lipinski definition) is 0. The number of nitrogens with zero attached hydrogens (tertiary/aromatic N) is 2. The molecule has 0 unspecified atom stereocenters. The van der Waals surface area contributed by atoms with Crippen molar-refractivity contribution in [3.05, 3.63) is 95.6 Å². The summed E-state index contributed by atoms with van der Waals surface area (Å²) < 4.78 is 0. The second-order valence-electron chi connectivity index (χ2n) is 8.42. The number of carbonyl (C=O) groups excluding carboxylic acids is 1. The van der Waals surface area contributed by atoms with E-state index in [4.69, 9.17) is 0 Å². The van der Waals surface area contributed by atoms with E-state index >= 15 is 0 Å². The summed E-state index contributed by atoms with van der Waals surface area (Å²) in [6, 6.07) is 27.6. The molecule has 2 aliphatic rings. The first kappa shape index (κ1) is 19.1. The van der Waals surface area contributed by atoms with E-state index in [1.165, 1.54) is 11.1 Å². The summed E-state index contributed by atoms with van der Waals surface area (Å²) in [5.41, 5.74) is 5.91. The molecule has 0 radical (unpaired) electrons. The van der Waals surface area contributed by atoms with Gasteiger partial charge in [0.25, 0.3) is 5.91 Å². The smallest absolute Gasteiger partial charge is 0.254 e. The molecular weight excluding hydrogens is 368 g/mol. The SMILES string of the molecule is O=C(c1ccccc1-c1ccccc1)N1CCC(N2CCc3ccccc3C2)CC1. The lowest BCUT2D eigenvalue weighted by atomic mass is 9.94. The molecule has 2 aliphatic heterocycles. The summed E-state index contributed by atoms with van der Waals surface area (Å²) in [5, 5.41) is 0. The quantitative estimate of drug-likeness (QED) is 0.621. The third-order valence-corrected chi connectivity index (χ3v) is 6.67. The summed E-state index contributed by atoms with van der Waals surface area (Å²) in [6.45, 7) is 3.85. The Morgan fingerprint density at radius 2 is 1.40 bits per heavy atom. The summed E-state index contributed by atoms with van der Waals surface area (Å²) >= 11 is 0. The standard InChI is InChI=1S/C27H28N2O/c30-27(26-13-7-6-12-25(26)22-9-2-1-3-10-22)28-18-15-24(16-19-28)29-17-14-21-8-4-5-11-23(21)20-29/h1-13,24H,14-20H2. The molecule has 0 aliphatic carbocycles. The maximum absolute atomic E-state index is 13.4. The van der Waals surface area contributed by atoms with Gasteiger partial charge in [-0.3, -0.25) is 9.69 Å². The van der Waals surface area contributed by atoms with Crippen LogP contribution in [0.4, 0.5) is 0 Å². The van der Waals surface area contributed by atoms with Crippen LogP contribution in [0.2, 0.25) is 0 Å². The van der Waals surface area contributed by atoms with E-state index in [2.05, 4.69) is 52.3 Å².